The van der Waals surface area contributed by atoms with Crippen molar-refractivity contribution in [3.8, 4) is 17.2 Å². The number of thiocarbonyl (C=S) groups is 1. The molecule has 2 rings (SSSR count). The Labute approximate surface area is 114 Å². The number of rotatable bonds is 3. The van der Waals surface area contributed by atoms with Crippen molar-refractivity contribution in [2.75, 3.05) is 14.2 Å². The van der Waals surface area contributed by atoms with Crippen molar-refractivity contribution in [2.45, 2.75) is 0 Å². The second-order valence-corrected chi connectivity index (χ2v) is 3.96. The topological polar surface area (TPSA) is 77.0 Å². The third-order valence-corrected chi connectivity index (χ3v) is 2.66. The highest BCUT2D eigenvalue weighted by atomic mass is 32.1. The molecular weight excluding hydrogens is 270 g/mol. The number of hydrogen-bond donors (Lipinski definition) is 2. The van der Waals surface area contributed by atoms with Crippen LogP contribution in [-0.2, 0) is 9.53 Å². The first-order chi connectivity index (χ1) is 9.06. The van der Waals surface area contributed by atoms with Gasteiger partial charge in [0, 0.05) is 5.56 Å². The van der Waals surface area contributed by atoms with Gasteiger partial charge in [0.2, 0.25) is 5.75 Å². The summed E-state index contributed by atoms with van der Waals surface area (Å²) in [5, 5.41) is 12.2. The van der Waals surface area contributed by atoms with Crippen LogP contribution in [0.3, 0.4) is 0 Å². The summed E-state index contributed by atoms with van der Waals surface area (Å²) in [6, 6.07) is 3.18. The van der Waals surface area contributed by atoms with Gasteiger partial charge in [-0.1, -0.05) is 0 Å². The highest BCUT2D eigenvalue weighted by Crippen LogP contribution is 2.39. The van der Waals surface area contributed by atoms with E-state index in [9.17, 15) is 9.90 Å². The quantitative estimate of drug-likeness (QED) is 0.640. The highest BCUT2D eigenvalue weighted by Gasteiger charge is 2.24. The third kappa shape index (κ3) is 2.45. The Kier molecular flexibility index (Phi) is 3.57. The molecule has 1 aromatic carbocycles. The summed E-state index contributed by atoms with van der Waals surface area (Å²) in [7, 11) is 2.83. The maximum absolute atomic E-state index is 11.5. The van der Waals surface area contributed by atoms with E-state index >= 15 is 0 Å². The van der Waals surface area contributed by atoms with Crippen LogP contribution in [0.4, 0.5) is 0 Å². The fourth-order valence-electron chi connectivity index (χ4n) is 1.62. The molecule has 0 aliphatic carbocycles. The normalized spacial score (nSPS) is 16.2. The number of aromatic hydroxyl groups is 1. The Morgan fingerprint density at radius 3 is 2.63 bits per heavy atom. The van der Waals surface area contributed by atoms with Gasteiger partial charge in [-0.05, 0) is 30.4 Å². The Morgan fingerprint density at radius 2 is 2.11 bits per heavy atom. The molecule has 2 N–H and O–H groups in total. The smallest absolute Gasteiger partial charge is 0.294 e. The fourth-order valence-corrected chi connectivity index (χ4v) is 1.81. The van der Waals surface area contributed by atoms with E-state index in [-0.39, 0.29) is 28.2 Å². The number of hydrogen-bond acceptors (Lipinski definition) is 6. The molecule has 7 heteroatoms. The van der Waals surface area contributed by atoms with Crippen molar-refractivity contribution in [1.29, 1.82) is 0 Å². The molecule has 6 nitrogen and oxygen atoms in total. The lowest BCUT2D eigenvalue weighted by Crippen LogP contribution is -2.18. The number of benzene rings is 1. The third-order valence-electron chi connectivity index (χ3n) is 2.48. The van der Waals surface area contributed by atoms with E-state index in [4.69, 9.17) is 26.4 Å². The second kappa shape index (κ2) is 5.15. The lowest BCUT2D eigenvalue weighted by Gasteiger charge is -2.10. The summed E-state index contributed by atoms with van der Waals surface area (Å²) in [6.45, 7) is 0. The van der Waals surface area contributed by atoms with Crippen LogP contribution in [0.25, 0.3) is 6.08 Å². The molecule has 0 atom stereocenters. The summed E-state index contributed by atoms with van der Waals surface area (Å²) >= 11 is 4.72. The SMILES string of the molecule is COc1ccc(C=C2OC(=S)NC2=O)c(OC)c1O. The molecule has 0 spiro atoms. The number of nitrogens with one attached hydrogen (secondary N) is 1. The molecule has 1 aliphatic rings. The van der Waals surface area contributed by atoms with E-state index in [1.807, 2.05) is 0 Å². The zero-order valence-corrected chi connectivity index (χ0v) is 11.0. The molecule has 1 aromatic rings. The van der Waals surface area contributed by atoms with Crippen LogP contribution in [0.2, 0.25) is 0 Å². The Bertz CT molecular complexity index is 582. The highest BCUT2D eigenvalue weighted by molar-refractivity contribution is 7.80. The lowest BCUT2D eigenvalue weighted by molar-refractivity contribution is -0.116. The number of phenols is 1. The average molecular weight is 281 g/mol. The van der Waals surface area contributed by atoms with Crippen molar-refractivity contribution >= 4 is 29.4 Å². The zero-order chi connectivity index (χ0) is 14.0. The first kappa shape index (κ1) is 13.2. The molecule has 19 heavy (non-hydrogen) atoms. The van der Waals surface area contributed by atoms with Crippen molar-refractivity contribution in [1.82, 2.24) is 5.32 Å². The summed E-state index contributed by atoms with van der Waals surface area (Å²) in [5.41, 5.74) is 0.468. The first-order valence-electron chi connectivity index (χ1n) is 5.25. The van der Waals surface area contributed by atoms with E-state index in [1.165, 1.54) is 20.3 Å². The number of amides is 1. The van der Waals surface area contributed by atoms with Crippen molar-refractivity contribution < 1.29 is 24.1 Å². The largest absolute Gasteiger partial charge is 0.502 e. The van der Waals surface area contributed by atoms with E-state index < -0.39 is 5.91 Å². The van der Waals surface area contributed by atoms with Gasteiger partial charge in [-0.2, -0.15) is 0 Å². The van der Waals surface area contributed by atoms with Gasteiger partial charge in [-0.25, -0.2) is 0 Å². The van der Waals surface area contributed by atoms with Gasteiger partial charge >= 0.3 is 0 Å². The molecule has 1 amide bonds. The predicted molar refractivity (Wildman–Crippen MR) is 71.0 cm³/mol. The van der Waals surface area contributed by atoms with Gasteiger partial charge in [0.25, 0.3) is 11.1 Å². The van der Waals surface area contributed by atoms with Gasteiger partial charge < -0.3 is 19.3 Å². The Morgan fingerprint density at radius 1 is 1.37 bits per heavy atom. The molecular formula is C12H11NO5S. The molecule has 0 saturated carbocycles. The molecule has 0 aromatic heterocycles. The number of carbonyl (C=O) groups is 1. The summed E-state index contributed by atoms with van der Waals surface area (Å²) in [4.78, 5) is 11.5. The molecule has 1 fully saturated rings. The van der Waals surface area contributed by atoms with Gasteiger partial charge in [-0.15, -0.1) is 0 Å². The van der Waals surface area contributed by atoms with Crippen molar-refractivity contribution in [3.63, 3.8) is 0 Å². The summed E-state index contributed by atoms with van der Waals surface area (Å²) in [6.07, 6.45) is 1.42. The van der Waals surface area contributed by atoms with Gasteiger partial charge in [-0.3, -0.25) is 10.1 Å². The van der Waals surface area contributed by atoms with Gasteiger partial charge in [0.1, 0.15) is 0 Å². The molecule has 0 bridgehead atoms. The van der Waals surface area contributed by atoms with Crippen LogP contribution in [0.5, 0.6) is 17.2 Å². The molecule has 0 unspecified atom stereocenters. The summed E-state index contributed by atoms with van der Waals surface area (Å²) in [5.74, 6) is -0.108. The number of ether oxygens (including phenoxy) is 3. The van der Waals surface area contributed by atoms with Crippen molar-refractivity contribution in [2.24, 2.45) is 0 Å². The van der Waals surface area contributed by atoms with E-state index in [1.54, 1.807) is 12.1 Å². The predicted octanol–water partition coefficient (Wildman–Crippen LogP) is 1.18. The van der Waals surface area contributed by atoms with Crippen LogP contribution in [0, 0.1) is 0 Å². The monoisotopic (exact) mass is 281 g/mol. The van der Waals surface area contributed by atoms with Gasteiger partial charge in [0.05, 0.1) is 14.2 Å². The first-order valence-corrected chi connectivity index (χ1v) is 5.66. The molecule has 1 heterocycles. The maximum Gasteiger partial charge on any atom is 0.294 e. The summed E-state index contributed by atoms with van der Waals surface area (Å²) < 4.78 is 15.1. The molecule has 1 aliphatic heterocycles. The van der Waals surface area contributed by atoms with Crippen LogP contribution in [0.1, 0.15) is 5.56 Å². The Balaban J connectivity index is 2.46. The van der Waals surface area contributed by atoms with E-state index in [0.717, 1.165) is 0 Å². The number of methoxy groups -OCH3 is 2. The molecule has 1 saturated heterocycles. The van der Waals surface area contributed by atoms with E-state index in [0.29, 0.717) is 5.56 Å². The molecule has 0 radical (unpaired) electrons. The van der Waals surface area contributed by atoms with E-state index in [2.05, 4.69) is 5.32 Å². The minimum absolute atomic E-state index is 0.00653. The average Bonchev–Trinajstić information content (AvgIpc) is 2.68. The maximum atomic E-state index is 11.5. The van der Waals surface area contributed by atoms with Crippen LogP contribution in [0.15, 0.2) is 17.9 Å². The standard InChI is InChI=1S/C12H11NO5S/c1-16-7-4-3-6(10(17-2)9(7)14)5-8-11(15)13-12(19)18-8/h3-5,14H,1-2H3,(H,13,15,19). The number of carbonyl (C=O) groups excluding carboxylic acids is 1. The second-order valence-electron chi connectivity index (χ2n) is 3.59. The minimum Gasteiger partial charge on any atom is -0.502 e. The van der Waals surface area contributed by atoms with Crippen molar-refractivity contribution in [3.05, 3.63) is 23.5 Å². The van der Waals surface area contributed by atoms with Crippen LogP contribution in [-0.4, -0.2) is 30.4 Å². The molecule has 100 valence electrons. The zero-order valence-electron chi connectivity index (χ0n) is 10.2. The van der Waals surface area contributed by atoms with Crippen LogP contribution < -0.4 is 14.8 Å². The Hall–Kier alpha value is -2.28. The fraction of sp³-hybridized carbons (Fsp3) is 0.167. The minimum atomic E-state index is -0.442. The van der Waals surface area contributed by atoms with Gasteiger partial charge in [0.15, 0.2) is 17.3 Å². The lowest BCUT2D eigenvalue weighted by atomic mass is 10.1. The number of phenolic OH excluding ortho intramolecular Hbond substituents is 1. The van der Waals surface area contributed by atoms with Crippen LogP contribution >= 0.6 is 12.2 Å².